The van der Waals surface area contributed by atoms with Crippen LogP contribution in [0, 0.1) is 0 Å². The maximum absolute atomic E-state index is 11.5. The van der Waals surface area contributed by atoms with Crippen LogP contribution in [0.1, 0.15) is 25.0 Å². The molecule has 0 aliphatic rings. The Morgan fingerprint density at radius 2 is 1.06 bits per heavy atom. The largest absolute Gasteiger partial charge is 0.493 e. The molecule has 0 radical (unpaired) electrons. The van der Waals surface area contributed by atoms with Crippen molar-refractivity contribution in [3.8, 4) is 11.5 Å². The zero-order valence-corrected chi connectivity index (χ0v) is 19.7. The van der Waals surface area contributed by atoms with Gasteiger partial charge in [-0.3, -0.25) is 9.59 Å². The second-order valence-electron chi connectivity index (χ2n) is 6.99. The maximum Gasteiger partial charge on any atom is 0.214 e. The number of hydrogen-bond donors (Lipinski definition) is 0. The van der Waals surface area contributed by atoms with Gasteiger partial charge in [-0.25, -0.2) is 0 Å². The molecule has 2 rings (SSSR count). The highest BCUT2D eigenvalue weighted by atomic mass is 32.2. The fourth-order valence-electron chi connectivity index (χ4n) is 2.48. The van der Waals surface area contributed by atoms with Gasteiger partial charge < -0.3 is 9.47 Å². The first-order valence-electron chi connectivity index (χ1n) is 9.94. The quantitative estimate of drug-likeness (QED) is 0.301. The molecule has 0 saturated carbocycles. The van der Waals surface area contributed by atoms with Gasteiger partial charge in [0, 0.05) is 11.5 Å². The van der Waals surface area contributed by atoms with Gasteiger partial charge in [0.1, 0.15) is 11.5 Å². The van der Waals surface area contributed by atoms with Gasteiger partial charge in [0.15, 0.2) is 0 Å². The number of rotatable bonds is 12. The molecule has 0 spiro atoms. The van der Waals surface area contributed by atoms with E-state index in [1.165, 1.54) is 34.7 Å². The summed E-state index contributed by atoms with van der Waals surface area (Å²) >= 11 is 2.45. The summed E-state index contributed by atoms with van der Waals surface area (Å²) in [6, 6.07) is 16.0. The van der Waals surface area contributed by atoms with E-state index < -0.39 is 0 Å². The number of hydrogen-bond acceptors (Lipinski definition) is 6. The Bertz CT molecular complexity index is 827. The number of carbonyl (C=O) groups is 2. The van der Waals surface area contributed by atoms with Gasteiger partial charge in [0.2, 0.25) is 10.2 Å². The number of thioether (sulfide) groups is 2. The van der Waals surface area contributed by atoms with E-state index >= 15 is 0 Å². The van der Waals surface area contributed by atoms with E-state index in [1.54, 1.807) is 13.8 Å². The van der Waals surface area contributed by atoms with E-state index in [2.05, 4.69) is 13.2 Å². The zero-order valence-electron chi connectivity index (χ0n) is 18.0. The Labute approximate surface area is 193 Å². The van der Waals surface area contributed by atoms with Crippen molar-refractivity contribution < 1.29 is 19.1 Å². The molecule has 0 saturated heterocycles. The minimum atomic E-state index is 0.00661. The molecule has 0 unspecified atom stereocenters. The summed E-state index contributed by atoms with van der Waals surface area (Å²) in [5.41, 5.74) is 3.48. The summed E-state index contributed by atoms with van der Waals surface area (Å²) in [5.74, 6) is 2.79. The molecule has 0 N–H and O–H groups in total. The van der Waals surface area contributed by atoms with Gasteiger partial charge in [-0.1, -0.05) is 60.9 Å². The Morgan fingerprint density at radius 1 is 0.710 bits per heavy atom. The molecule has 2 aromatic carbocycles. The molecular formula is C25H28O4S2. The second kappa shape index (κ2) is 13.1. The first-order valence-corrected chi connectivity index (χ1v) is 11.9. The van der Waals surface area contributed by atoms with E-state index in [0.29, 0.717) is 35.9 Å². The lowest BCUT2D eigenvalue weighted by Gasteiger charge is -2.09. The minimum Gasteiger partial charge on any atom is -0.493 e. The summed E-state index contributed by atoms with van der Waals surface area (Å²) in [7, 11) is 0. The third-order valence-corrected chi connectivity index (χ3v) is 6.09. The van der Waals surface area contributed by atoms with Crippen molar-refractivity contribution in [3.63, 3.8) is 0 Å². The van der Waals surface area contributed by atoms with Crippen LogP contribution in [0.15, 0.2) is 72.8 Å². The molecule has 0 aromatic heterocycles. The Balaban J connectivity index is 1.72. The van der Waals surface area contributed by atoms with E-state index in [0.717, 1.165) is 17.9 Å². The normalized spacial score (nSPS) is 10.4. The van der Waals surface area contributed by atoms with Gasteiger partial charge in [0.05, 0.1) is 13.2 Å². The van der Waals surface area contributed by atoms with Gasteiger partial charge >= 0.3 is 0 Å². The first kappa shape index (κ1) is 24.8. The van der Waals surface area contributed by atoms with Crippen LogP contribution in [0.4, 0.5) is 0 Å². The molecule has 0 heterocycles. The number of carbonyl (C=O) groups excluding carboxylic acids is 2. The Morgan fingerprint density at radius 3 is 1.39 bits per heavy atom. The summed E-state index contributed by atoms with van der Waals surface area (Å²) in [6.07, 6.45) is 0.812. The van der Waals surface area contributed by atoms with Crippen molar-refractivity contribution in [2.75, 3.05) is 24.7 Å². The Kier molecular flexibility index (Phi) is 10.5. The van der Waals surface area contributed by atoms with Crippen molar-refractivity contribution in [3.05, 3.63) is 84.0 Å². The zero-order chi connectivity index (χ0) is 22.6. The minimum absolute atomic E-state index is 0.00661. The van der Waals surface area contributed by atoms with E-state index in [9.17, 15) is 9.59 Å². The third kappa shape index (κ3) is 9.49. The van der Waals surface area contributed by atoms with Gasteiger partial charge in [0.25, 0.3) is 0 Å². The lowest BCUT2D eigenvalue weighted by molar-refractivity contribution is -0.108. The van der Waals surface area contributed by atoms with Crippen molar-refractivity contribution in [1.82, 2.24) is 0 Å². The van der Waals surface area contributed by atoms with Crippen LogP contribution in [-0.2, 0) is 16.0 Å². The van der Waals surface area contributed by atoms with Gasteiger partial charge in [-0.15, -0.1) is 0 Å². The van der Waals surface area contributed by atoms with Crippen LogP contribution in [0.5, 0.6) is 11.5 Å². The van der Waals surface area contributed by atoms with Crippen LogP contribution in [0.2, 0.25) is 0 Å². The predicted molar refractivity (Wildman–Crippen MR) is 131 cm³/mol. The Hall–Kier alpha value is -2.44. The maximum atomic E-state index is 11.5. The van der Waals surface area contributed by atoms with Crippen molar-refractivity contribution in [2.24, 2.45) is 0 Å². The average molecular weight is 457 g/mol. The topological polar surface area (TPSA) is 52.6 Å². The third-order valence-electron chi connectivity index (χ3n) is 4.12. The molecule has 4 nitrogen and oxygen atoms in total. The molecule has 0 aliphatic heterocycles. The fraction of sp³-hybridized carbons (Fsp3) is 0.280. The van der Waals surface area contributed by atoms with Crippen LogP contribution in [-0.4, -0.2) is 35.0 Å². The summed E-state index contributed by atoms with van der Waals surface area (Å²) < 4.78 is 11.4. The van der Waals surface area contributed by atoms with Gasteiger partial charge in [-0.2, -0.15) is 0 Å². The van der Waals surface area contributed by atoms with Crippen LogP contribution >= 0.6 is 23.5 Å². The lowest BCUT2D eigenvalue weighted by Crippen LogP contribution is -2.03. The van der Waals surface area contributed by atoms with Crippen LogP contribution in [0.3, 0.4) is 0 Å². The fourth-order valence-corrected chi connectivity index (χ4v) is 3.67. The SMILES string of the molecule is C=C(C)C(=O)SCCOc1ccc(Cc2ccc(OCCSC(=O)C(=C)C)cc2)cc1. The highest BCUT2D eigenvalue weighted by Crippen LogP contribution is 2.19. The smallest absolute Gasteiger partial charge is 0.214 e. The molecule has 164 valence electrons. The molecular weight excluding hydrogens is 428 g/mol. The summed E-state index contributed by atoms with van der Waals surface area (Å²) in [6.45, 7) is 11.6. The standard InChI is InChI=1S/C25H28O4S2/c1-18(2)24(26)30-15-13-28-22-9-5-20(6-10-22)17-21-7-11-23(12-8-21)29-14-16-31-25(27)19(3)4/h5-12H,1,3,13-17H2,2,4H3. The number of ether oxygens (including phenoxy) is 2. The molecule has 0 fully saturated rings. The average Bonchev–Trinajstić information content (AvgIpc) is 2.76. The summed E-state index contributed by atoms with van der Waals surface area (Å²) in [5, 5.41) is 0.0132. The monoisotopic (exact) mass is 456 g/mol. The molecule has 0 aliphatic carbocycles. The van der Waals surface area contributed by atoms with Crippen LogP contribution < -0.4 is 9.47 Å². The summed E-state index contributed by atoms with van der Waals surface area (Å²) in [4.78, 5) is 23.0. The highest BCUT2D eigenvalue weighted by molar-refractivity contribution is 8.14. The molecule has 0 atom stereocenters. The highest BCUT2D eigenvalue weighted by Gasteiger charge is 2.05. The van der Waals surface area contributed by atoms with Crippen LogP contribution in [0.25, 0.3) is 0 Å². The van der Waals surface area contributed by atoms with Gasteiger partial charge in [-0.05, 0) is 66.8 Å². The molecule has 0 bridgehead atoms. The van der Waals surface area contributed by atoms with Crippen molar-refractivity contribution in [1.29, 1.82) is 0 Å². The molecule has 31 heavy (non-hydrogen) atoms. The number of benzene rings is 2. The van der Waals surface area contributed by atoms with E-state index in [4.69, 9.17) is 9.47 Å². The molecule has 2 aromatic rings. The first-order chi connectivity index (χ1) is 14.8. The molecule has 6 heteroatoms. The predicted octanol–water partition coefficient (Wildman–Crippen LogP) is 5.71. The van der Waals surface area contributed by atoms with E-state index in [-0.39, 0.29) is 10.2 Å². The second-order valence-corrected chi connectivity index (χ2v) is 9.13. The lowest BCUT2D eigenvalue weighted by atomic mass is 10.0. The van der Waals surface area contributed by atoms with Crippen molar-refractivity contribution >= 4 is 33.8 Å². The van der Waals surface area contributed by atoms with Crippen molar-refractivity contribution in [2.45, 2.75) is 20.3 Å². The van der Waals surface area contributed by atoms with E-state index in [1.807, 2.05) is 48.5 Å². The molecule has 0 amide bonds.